The minimum absolute atomic E-state index is 0.150. The van der Waals surface area contributed by atoms with Crippen LogP contribution in [0.3, 0.4) is 0 Å². The number of nitrogens with one attached hydrogen (secondary N) is 1. The molecule has 2 nitrogen and oxygen atoms in total. The smallest absolute Gasteiger partial charge is 0.0848 e. The number of ether oxygens (including phenoxy) is 1. The molecule has 1 saturated heterocycles. The third kappa shape index (κ3) is 2.65. The van der Waals surface area contributed by atoms with Gasteiger partial charge >= 0.3 is 0 Å². The van der Waals surface area contributed by atoms with Crippen molar-refractivity contribution in [2.45, 2.75) is 37.8 Å². The van der Waals surface area contributed by atoms with Crippen LogP contribution in [-0.2, 0) is 4.74 Å². The predicted octanol–water partition coefficient (Wildman–Crippen LogP) is 3.56. The van der Waals surface area contributed by atoms with Crippen LogP contribution in [-0.4, -0.2) is 19.3 Å². The molecular weight excluding hydrogens is 234 g/mol. The quantitative estimate of drug-likeness (QED) is 0.889. The second kappa shape index (κ2) is 5.38. The van der Waals surface area contributed by atoms with Gasteiger partial charge in [-0.1, -0.05) is 29.8 Å². The summed E-state index contributed by atoms with van der Waals surface area (Å²) in [6.45, 7) is 3.02. The van der Waals surface area contributed by atoms with Crippen LogP contribution in [0, 0.1) is 0 Å². The first-order valence-electron chi connectivity index (χ1n) is 6.23. The molecule has 1 aliphatic heterocycles. The van der Waals surface area contributed by atoms with E-state index in [-0.39, 0.29) is 11.6 Å². The summed E-state index contributed by atoms with van der Waals surface area (Å²) in [6.07, 6.45) is 3.46. The third-order valence-corrected chi connectivity index (χ3v) is 3.96. The van der Waals surface area contributed by atoms with Gasteiger partial charge in [0.05, 0.1) is 11.6 Å². The van der Waals surface area contributed by atoms with Crippen molar-refractivity contribution in [3.63, 3.8) is 0 Å². The van der Waals surface area contributed by atoms with Gasteiger partial charge in [-0.25, -0.2) is 0 Å². The molecule has 94 valence electrons. The van der Waals surface area contributed by atoms with Crippen LogP contribution in [0.1, 0.15) is 37.8 Å². The average molecular weight is 254 g/mol. The molecule has 2 atom stereocenters. The lowest BCUT2D eigenvalue weighted by Crippen LogP contribution is -2.44. The number of hydrogen-bond donors (Lipinski definition) is 1. The Morgan fingerprint density at radius 3 is 2.71 bits per heavy atom. The topological polar surface area (TPSA) is 21.3 Å². The highest BCUT2D eigenvalue weighted by atomic mass is 35.5. The summed E-state index contributed by atoms with van der Waals surface area (Å²) in [6, 6.07) is 8.15. The zero-order chi connectivity index (χ0) is 12.3. The van der Waals surface area contributed by atoms with Gasteiger partial charge < -0.3 is 10.1 Å². The molecule has 1 fully saturated rings. The maximum absolute atomic E-state index is 6.28. The van der Waals surface area contributed by atoms with Crippen LogP contribution in [0.15, 0.2) is 24.3 Å². The van der Waals surface area contributed by atoms with Gasteiger partial charge in [-0.3, -0.25) is 0 Å². The number of likely N-dealkylation sites (N-methyl/N-ethyl adjacent to an activating group) is 1. The molecule has 0 spiro atoms. The van der Waals surface area contributed by atoms with Gasteiger partial charge in [0.1, 0.15) is 0 Å². The van der Waals surface area contributed by atoms with E-state index in [2.05, 4.69) is 18.3 Å². The second-order valence-corrected chi connectivity index (χ2v) is 5.27. The molecule has 1 aliphatic rings. The molecule has 2 rings (SSSR count). The monoisotopic (exact) mass is 253 g/mol. The van der Waals surface area contributed by atoms with Gasteiger partial charge in [-0.05, 0) is 44.9 Å². The molecule has 1 aromatic carbocycles. The summed E-state index contributed by atoms with van der Waals surface area (Å²) in [7, 11) is 1.97. The van der Waals surface area contributed by atoms with E-state index in [0.29, 0.717) is 0 Å². The fourth-order valence-corrected chi connectivity index (χ4v) is 2.93. The molecule has 0 saturated carbocycles. The second-order valence-electron chi connectivity index (χ2n) is 4.86. The first kappa shape index (κ1) is 12.9. The highest BCUT2D eigenvalue weighted by Crippen LogP contribution is 2.38. The molecule has 1 heterocycles. The Hall–Kier alpha value is -0.570. The van der Waals surface area contributed by atoms with Gasteiger partial charge in [0.2, 0.25) is 0 Å². The van der Waals surface area contributed by atoms with Gasteiger partial charge in [0.25, 0.3) is 0 Å². The van der Waals surface area contributed by atoms with Crippen molar-refractivity contribution in [1.29, 1.82) is 0 Å². The lowest BCUT2D eigenvalue weighted by molar-refractivity contribution is -0.0884. The van der Waals surface area contributed by atoms with Gasteiger partial charge in [-0.2, -0.15) is 0 Å². The summed E-state index contributed by atoms with van der Waals surface area (Å²) < 4.78 is 6.01. The third-order valence-electron chi connectivity index (χ3n) is 3.61. The zero-order valence-electron chi connectivity index (χ0n) is 10.5. The van der Waals surface area contributed by atoms with E-state index in [4.69, 9.17) is 16.3 Å². The first-order chi connectivity index (χ1) is 8.17. The zero-order valence-corrected chi connectivity index (χ0v) is 11.3. The molecule has 3 heteroatoms. The van der Waals surface area contributed by atoms with Crippen LogP contribution >= 0.6 is 11.6 Å². The summed E-state index contributed by atoms with van der Waals surface area (Å²) in [5, 5.41) is 4.17. The van der Waals surface area contributed by atoms with Crippen molar-refractivity contribution in [3.8, 4) is 0 Å². The van der Waals surface area contributed by atoms with E-state index in [0.717, 1.165) is 30.0 Å². The number of hydrogen-bond acceptors (Lipinski definition) is 2. The molecule has 0 aliphatic carbocycles. The molecule has 0 amide bonds. The van der Waals surface area contributed by atoms with E-state index in [1.807, 2.05) is 25.2 Å². The highest BCUT2D eigenvalue weighted by molar-refractivity contribution is 6.31. The molecule has 2 unspecified atom stereocenters. The van der Waals surface area contributed by atoms with Crippen LogP contribution in [0.2, 0.25) is 5.02 Å². The maximum Gasteiger partial charge on any atom is 0.0848 e. The normalized spacial score (nSPS) is 26.8. The summed E-state index contributed by atoms with van der Waals surface area (Å²) in [5.74, 6) is 0. The summed E-state index contributed by atoms with van der Waals surface area (Å²) in [5.41, 5.74) is 0.971. The molecule has 1 N–H and O–H groups in total. The van der Waals surface area contributed by atoms with Crippen LogP contribution in [0.5, 0.6) is 0 Å². The fraction of sp³-hybridized carbons (Fsp3) is 0.571. The molecule has 0 aromatic heterocycles. The standard InChI is InChI=1S/C14H20ClNO/c1-14(9-5-6-10-17-14)13(16-2)11-7-3-4-8-12(11)15/h3-4,7-8,13,16H,5-6,9-10H2,1-2H3. The van der Waals surface area contributed by atoms with Crippen LogP contribution in [0.25, 0.3) is 0 Å². The van der Waals surface area contributed by atoms with E-state index in [9.17, 15) is 0 Å². The van der Waals surface area contributed by atoms with E-state index < -0.39 is 0 Å². The predicted molar refractivity (Wildman–Crippen MR) is 71.5 cm³/mol. The largest absolute Gasteiger partial charge is 0.373 e. The number of halogens is 1. The summed E-state index contributed by atoms with van der Waals surface area (Å²) in [4.78, 5) is 0. The number of benzene rings is 1. The Balaban J connectivity index is 2.29. The van der Waals surface area contributed by atoms with Gasteiger partial charge in [0.15, 0.2) is 0 Å². The Bertz CT molecular complexity index is 374. The Kier molecular flexibility index (Phi) is 4.08. The average Bonchev–Trinajstić information content (AvgIpc) is 2.33. The van der Waals surface area contributed by atoms with Crippen LogP contribution < -0.4 is 5.32 Å². The maximum atomic E-state index is 6.28. The SMILES string of the molecule is CNC(c1ccccc1Cl)C1(C)CCCCO1. The Morgan fingerprint density at radius 1 is 1.35 bits per heavy atom. The minimum atomic E-state index is -0.155. The molecule has 17 heavy (non-hydrogen) atoms. The van der Waals surface area contributed by atoms with Crippen molar-refractivity contribution in [3.05, 3.63) is 34.9 Å². The Morgan fingerprint density at radius 2 is 2.12 bits per heavy atom. The van der Waals surface area contributed by atoms with Crippen molar-refractivity contribution >= 4 is 11.6 Å². The highest BCUT2D eigenvalue weighted by Gasteiger charge is 2.37. The van der Waals surface area contributed by atoms with Crippen molar-refractivity contribution in [1.82, 2.24) is 5.32 Å². The molecule has 1 aromatic rings. The minimum Gasteiger partial charge on any atom is -0.373 e. The van der Waals surface area contributed by atoms with Gasteiger partial charge in [0, 0.05) is 11.6 Å². The molecule has 0 bridgehead atoms. The first-order valence-corrected chi connectivity index (χ1v) is 6.61. The van der Waals surface area contributed by atoms with Crippen molar-refractivity contribution < 1.29 is 4.74 Å². The van der Waals surface area contributed by atoms with Crippen molar-refractivity contribution in [2.24, 2.45) is 0 Å². The molecular formula is C14H20ClNO. The lowest BCUT2D eigenvalue weighted by atomic mass is 9.84. The van der Waals surface area contributed by atoms with Crippen molar-refractivity contribution in [2.75, 3.05) is 13.7 Å². The molecule has 0 radical (unpaired) electrons. The van der Waals surface area contributed by atoms with E-state index in [1.54, 1.807) is 0 Å². The lowest BCUT2D eigenvalue weighted by Gasteiger charge is -2.41. The van der Waals surface area contributed by atoms with Gasteiger partial charge in [-0.15, -0.1) is 0 Å². The Labute approximate surface area is 108 Å². The van der Waals surface area contributed by atoms with E-state index >= 15 is 0 Å². The number of rotatable bonds is 3. The summed E-state index contributed by atoms with van der Waals surface area (Å²) >= 11 is 6.28. The van der Waals surface area contributed by atoms with E-state index in [1.165, 1.54) is 6.42 Å². The fourth-order valence-electron chi connectivity index (χ4n) is 2.68. The van der Waals surface area contributed by atoms with Crippen LogP contribution in [0.4, 0.5) is 0 Å².